The number of carbonyl (C=O) groups excluding carboxylic acids is 1. The average molecular weight is 312 g/mol. The van der Waals surface area contributed by atoms with Gasteiger partial charge in [-0.15, -0.1) is 0 Å². The zero-order chi connectivity index (χ0) is 15.7. The van der Waals surface area contributed by atoms with Gasteiger partial charge in [0.05, 0.1) is 17.6 Å². The van der Waals surface area contributed by atoms with Crippen LogP contribution in [0.25, 0.3) is 0 Å². The Bertz CT molecular complexity index is 531. The van der Waals surface area contributed by atoms with E-state index in [-0.39, 0.29) is 18.0 Å². The van der Waals surface area contributed by atoms with Gasteiger partial charge in [-0.3, -0.25) is 4.79 Å². The Balaban J connectivity index is 1.72. The van der Waals surface area contributed by atoms with Gasteiger partial charge in [0.2, 0.25) is 5.91 Å². The molecular formula is C16H19F3N2O. The van der Waals surface area contributed by atoms with E-state index in [4.69, 9.17) is 0 Å². The number of hydrogen-bond acceptors (Lipinski definition) is 2. The van der Waals surface area contributed by atoms with Gasteiger partial charge in [-0.25, -0.2) is 0 Å². The van der Waals surface area contributed by atoms with Crippen molar-refractivity contribution in [3.63, 3.8) is 0 Å². The minimum Gasteiger partial charge on any atom is -0.348 e. The fourth-order valence-corrected chi connectivity index (χ4v) is 2.94. The van der Waals surface area contributed by atoms with Crippen LogP contribution in [0.2, 0.25) is 0 Å². The Kier molecular flexibility index (Phi) is 4.12. The molecule has 0 spiro atoms. The Morgan fingerprint density at radius 3 is 2.36 bits per heavy atom. The maximum atomic E-state index is 12.6. The molecule has 1 saturated carbocycles. The molecule has 0 radical (unpaired) electrons. The van der Waals surface area contributed by atoms with Gasteiger partial charge in [0, 0.05) is 0 Å². The lowest BCUT2D eigenvalue weighted by molar-refractivity contribution is -0.137. The summed E-state index contributed by atoms with van der Waals surface area (Å²) in [5, 5.41) is 6.15. The van der Waals surface area contributed by atoms with Crippen LogP contribution in [0.5, 0.6) is 0 Å². The van der Waals surface area contributed by atoms with Crippen molar-refractivity contribution in [3.05, 3.63) is 35.4 Å². The molecule has 0 aromatic heterocycles. The number of nitrogens with one attached hydrogen (secondary N) is 2. The van der Waals surface area contributed by atoms with E-state index in [1.165, 1.54) is 12.1 Å². The summed E-state index contributed by atoms with van der Waals surface area (Å²) in [6.07, 6.45) is -0.526. The van der Waals surface area contributed by atoms with Crippen LogP contribution in [0.1, 0.15) is 42.9 Å². The number of benzene rings is 1. The number of halogens is 3. The second-order valence-electron chi connectivity index (χ2n) is 6.09. The monoisotopic (exact) mass is 312 g/mol. The highest BCUT2D eigenvalue weighted by Gasteiger charge is 2.36. The Morgan fingerprint density at radius 2 is 1.86 bits per heavy atom. The first kappa shape index (κ1) is 15.3. The summed E-state index contributed by atoms with van der Waals surface area (Å²) in [4.78, 5) is 12.2. The van der Waals surface area contributed by atoms with E-state index in [1.54, 1.807) is 0 Å². The molecule has 1 amide bonds. The molecule has 0 unspecified atom stereocenters. The van der Waals surface area contributed by atoms with Crippen molar-refractivity contribution in [2.24, 2.45) is 5.92 Å². The second kappa shape index (κ2) is 5.91. The summed E-state index contributed by atoms with van der Waals surface area (Å²) in [6.45, 7) is 0.840. The second-order valence-corrected chi connectivity index (χ2v) is 6.09. The lowest BCUT2D eigenvalue weighted by atomic mass is 10.00. The van der Waals surface area contributed by atoms with Crippen LogP contribution in [0.15, 0.2) is 24.3 Å². The zero-order valence-corrected chi connectivity index (χ0v) is 12.1. The van der Waals surface area contributed by atoms with Gasteiger partial charge in [-0.1, -0.05) is 12.1 Å². The molecule has 120 valence electrons. The average Bonchev–Trinajstić information content (AvgIpc) is 3.17. The van der Waals surface area contributed by atoms with Crippen LogP contribution in [-0.2, 0) is 11.0 Å². The number of hydrogen-bond donors (Lipinski definition) is 2. The van der Waals surface area contributed by atoms with Crippen LogP contribution in [0, 0.1) is 5.92 Å². The predicted molar refractivity (Wildman–Crippen MR) is 76.1 cm³/mol. The third-order valence-electron chi connectivity index (χ3n) is 4.37. The molecule has 3 rings (SSSR count). The van der Waals surface area contributed by atoms with Crippen LogP contribution >= 0.6 is 0 Å². The molecule has 2 N–H and O–H groups in total. The third kappa shape index (κ3) is 3.43. The van der Waals surface area contributed by atoms with E-state index >= 15 is 0 Å². The van der Waals surface area contributed by atoms with Crippen LogP contribution in [0.3, 0.4) is 0 Å². The summed E-state index contributed by atoms with van der Waals surface area (Å²) < 4.78 is 37.9. The van der Waals surface area contributed by atoms with Crippen molar-refractivity contribution in [2.45, 2.75) is 43.9 Å². The minimum atomic E-state index is -4.33. The lowest BCUT2D eigenvalue weighted by Gasteiger charge is -2.21. The van der Waals surface area contributed by atoms with Gasteiger partial charge in [0.15, 0.2) is 0 Å². The molecule has 1 aromatic carbocycles. The van der Waals surface area contributed by atoms with Gasteiger partial charge in [-0.2, -0.15) is 13.2 Å². The van der Waals surface area contributed by atoms with E-state index in [9.17, 15) is 18.0 Å². The summed E-state index contributed by atoms with van der Waals surface area (Å²) >= 11 is 0. The Hall–Kier alpha value is -1.56. The molecule has 2 aliphatic rings. The summed E-state index contributed by atoms with van der Waals surface area (Å²) in [7, 11) is 0. The van der Waals surface area contributed by atoms with Crippen molar-refractivity contribution >= 4 is 5.91 Å². The fraction of sp³-hybridized carbons (Fsp3) is 0.562. The maximum Gasteiger partial charge on any atom is 0.416 e. The van der Waals surface area contributed by atoms with Crippen LogP contribution in [0.4, 0.5) is 13.2 Å². The van der Waals surface area contributed by atoms with Crippen LogP contribution < -0.4 is 10.6 Å². The van der Waals surface area contributed by atoms with E-state index in [1.807, 2.05) is 0 Å². The molecule has 1 heterocycles. The summed E-state index contributed by atoms with van der Waals surface area (Å²) in [5.74, 6) is 0.288. The third-order valence-corrected chi connectivity index (χ3v) is 4.37. The topological polar surface area (TPSA) is 41.1 Å². The summed E-state index contributed by atoms with van der Waals surface area (Å²) in [5.41, 5.74) is 0.0939. The van der Waals surface area contributed by atoms with Crippen molar-refractivity contribution < 1.29 is 18.0 Å². The van der Waals surface area contributed by atoms with E-state index in [0.29, 0.717) is 5.92 Å². The minimum absolute atomic E-state index is 0.0469. The van der Waals surface area contributed by atoms with Crippen molar-refractivity contribution in [2.75, 3.05) is 6.54 Å². The molecule has 1 aliphatic heterocycles. The maximum absolute atomic E-state index is 12.6. The molecule has 3 nitrogen and oxygen atoms in total. The molecular weight excluding hydrogens is 293 g/mol. The number of amides is 1. The van der Waals surface area contributed by atoms with Gasteiger partial charge >= 0.3 is 6.18 Å². The standard InChI is InChI=1S/C16H19F3N2O/c17-16(18,19)12-7-5-11(6-8-12)14(10-3-4-10)21-15(22)13-2-1-9-20-13/h5-8,10,13-14,20H,1-4,9H2,(H,21,22)/t13-,14-/m1/s1. The van der Waals surface area contributed by atoms with Crippen molar-refractivity contribution in [1.82, 2.24) is 10.6 Å². The first-order valence-corrected chi connectivity index (χ1v) is 7.66. The molecule has 22 heavy (non-hydrogen) atoms. The SMILES string of the molecule is O=C(N[C@@H](c1ccc(C(F)(F)F)cc1)C1CC1)[C@H]1CCCN1. The largest absolute Gasteiger partial charge is 0.416 e. The highest BCUT2D eigenvalue weighted by molar-refractivity contribution is 5.82. The van der Waals surface area contributed by atoms with Crippen molar-refractivity contribution in [3.8, 4) is 0 Å². The van der Waals surface area contributed by atoms with Gasteiger partial charge in [-0.05, 0) is 55.8 Å². The normalized spacial score (nSPS) is 23.3. The lowest BCUT2D eigenvalue weighted by Crippen LogP contribution is -2.42. The van der Waals surface area contributed by atoms with E-state index in [2.05, 4.69) is 10.6 Å². The molecule has 6 heteroatoms. The summed E-state index contributed by atoms with van der Waals surface area (Å²) in [6, 6.07) is 4.78. The zero-order valence-electron chi connectivity index (χ0n) is 12.1. The molecule has 1 aromatic rings. The molecule has 2 fully saturated rings. The number of rotatable bonds is 4. The fourth-order valence-electron chi connectivity index (χ4n) is 2.94. The van der Waals surface area contributed by atoms with E-state index in [0.717, 1.165) is 49.9 Å². The Labute approximate surface area is 127 Å². The number of carbonyl (C=O) groups is 1. The van der Waals surface area contributed by atoms with Gasteiger partial charge in [0.1, 0.15) is 0 Å². The first-order chi connectivity index (χ1) is 10.4. The highest BCUT2D eigenvalue weighted by Crippen LogP contribution is 2.41. The smallest absolute Gasteiger partial charge is 0.348 e. The van der Waals surface area contributed by atoms with Gasteiger partial charge < -0.3 is 10.6 Å². The van der Waals surface area contributed by atoms with Crippen LogP contribution in [-0.4, -0.2) is 18.5 Å². The predicted octanol–water partition coefficient (Wildman–Crippen LogP) is 3.02. The quantitative estimate of drug-likeness (QED) is 0.897. The molecule has 1 aliphatic carbocycles. The highest BCUT2D eigenvalue weighted by atomic mass is 19.4. The number of alkyl halides is 3. The van der Waals surface area contributed by atoms with Crippen molar-refractivity contribution in [1.29, 1.82) is 0 Å². The molecule has 2 atom stereocenters. The van der Waals surface area contributed by atoms with E-state index < -0.39 is 11.7 Å². The molecule has 0 bridgehead atoms. The molecule has 1 saturated heterocycles. The van der Waals surface area contributed by atoms with Gasteiger partial charge in [0.25, 0.3) is 0 Å². The first-order valence-electron chi connectivity index (χ1n) is 7.66. The Morgan fingerprint density at radius 1 is 1.18 bits per heavy atom.